The van der Waals surface area contributed by atoms with Gasteiger partial charge in [0, 0.05) is 56.1 Å². The Labute approximate surface area is 383 Å². The van der Waals surface area contributed by atoms with Gasteiger partial charge in [-0.25, -0.2) is 9.59 Å². The Morgan fingerprint density at radius 3 is 1.78 bits per heavy atom. The van der Waals surface area contributed by atoms with Crippen LogP contribution in [0.5, 0.6) is 0 Å². The number of piperidine rings is 1. The molecule has 0 saturated carbocycles. The van der Waals surface area contributed by atoms with E-state index in [0.29, 0.717) is 40.7 Å². The number of benzene rings is 2. The third-order valence-corrected chi connectivity index (χ3v) is 14.5. The molecule has 3 aliphatic heterocycles. The number of hydrogen-bond acceptors (Lipinski definition) is 11. The third-order valence-electron chi connectivity index (χ3n) is 13.5. The van der Waals surface area contributed by atoms with Gasteiger partial charge in [0.2, 0.25) is 0 Å². The third kappa shape index (κ3) is 15.7. The Bertz CT molecular complexity index is 1700. The number of phosphoric acid groups is 1. The standard InChI is InChI=1S/C50H78N2O11P/c1-5-6-7-8-9-10-11-12-13-14-15-16-23-30-47(53)58-39-46(40-60-64(56,57)59-36-35-51(2,3)4)62-49(55)63-50(41-26-19-17-20-27-41,42-28-21-18-22-29-42)48(54)61-45-37-43-31-32-44(38-45)52(43)33-24-25-34-52/h17-22,26-29,43-46H,5-16,23-25,30-40H2,1-4H3/q+1. The number of likely N-dealkylation sites (N-methyl/N-ethyl adjacent to an activating group) is 1. The minimum absolute atomic E-state index is 0.132. The number of hydrogen-bond donors (Lipinski definition) is 0. The number of esters is 2. The molecule has 4 unspecified atom stereocenters. The fourth-order valence-electron chi connectivity index (χ4n) is 10.0. The van der Waals surface area contributed by atoms with E-state index >= 15 is 0 Å². The zero-order valence-electron chi connectivity index (χ0n) is 39.3. The molecule has 3 heterocycles. The maximum atomic E-state index is 14.9. The molecule has 0 aliphatic carbocycles. The first-order valence-corrected chi connectivity index (χ1v) is 25.9. The summed E-state index contributed by atoms with van der Waals surface area (Å²) in [7, 11) is 0.822. The monoisotopic (exact) mass is 914 g/mol. The van der Waals surface area contributed by atoms with Gasteiger partial charge in [-0.05, 0) is 6.42 Å². The van der Waals surface area contributed by atoms with Crippen LogP contribution in [0.2, 0.25) is 0 Å². The number of nitrogens with zero attached hydrogens (tertiary/aromatic N) is 2. The number of carbonyl (C=O) groups excluding carboxylic acids is 3. The molecule has 5 rings (SSSR count). The molecule has 2 aromatic rings. The zero-order chi connectivity index (χ0) is 45.9. The van der Waals surface area contributed by atoms with Crippen molar-refractivity contribution >= 4 is 25.9 Å². The molecule has 358 valence electrons. The molecular weight excluding hydrogens is 836 g/mol. The maximum absolute atomic E-state index is 14.9. The number of carbonyl (C=O) groups is 3. The zero-order valence-corrected chi connectivity index (χ0v) is 40.2. The van der Waals surface area contributed by atoms with Crippen LogP contribution in [0.15, 0.2) is 60.7 Å². The second-order valence-electron chi connectivity index (χ2n) is 19.4. The van der Waals surface area contributed by atoms with Crippen LogP contribution in [-0.2, 0) is 47.8 Å². The lowest BCUT2D eigenvalue weighted by molar-refractivity contribution is -0.956. The number of rotatable bonds is 29. The molecule has 1 spiro atoms. The van der Waals surface area contributed by atoms with Crippen molar-refractivity contribution in [3.63, 3.8) is 0 Å². The van der Waals surface area contributed by atoms with Gasteiger partial charge in [-0.2, -0.15) is 0 Å². The highest BCUT2D eigenvalue weighted by atomic mass is 31.2. The maximum Gasteiger partial charge on any atom is 0.510 e. The fourth-order valence-corrected chi connectivity index (χ4v) is 10.8. The van der Waals surface area contributed by atoms with Crippen molar-refractivity contribution in [2.45, 2.75) is 165 Å². The van der Waals surface area contributed by atoms with Crippen LogP contribution >= 0.6 is 7.82 Å². The summed E-state index contributed by atoms with van der Waals surface area (Å²) in [5.41, 5.74) is -1.40. The quantitative estimate of drug-likeness (QED) is 0.0253. The molecule has 3 saturated heterocycles. The van der Waals surface area contributed by atoms with E-state index in [1.807, 2.05) is 21.1 Å². The summed E-state index contributed by atoms with van der Waals surface area (Å²) in [5.74, 6) is -1.27. The van der Waals surface area contributed by atoms with Gasteiger partial charge in [-0.1, -0.05) is 145 Å². The average Bonchev–Trinajstić information content (AvgIpc) is 3.81. The summed E-state index contributed by atoms with van der Waals surface area (Å²) in [4.78, 5) is 54.8. The Balaban J connectivity index is 1.23. The van der Waals surface area contributed by atoms with Gasteiger partial charge < -0.3 is 41.9 Å². The van der Waals surface area contributed by atoms with Crippen molar-refractivity contribution in [2.24, 2.45) is 0 Å². The minimum Gasteiger partial charge on any atom is -0.756 e. The summed E-state index contributed by atoms with van der Waals surface area (Å²) in [6.07, 6.45) is 18.4. The predicted octanol–water partition coefficient (Wildman–Crippen LogP) is 9.53. The lowest BCUT2D eigenvalue weighted by Crippen LogP contribution is -2.60. The van der Waals surface area contributed by atoms with E-state index in [2.05, 4.69) is 6.92 Å². The summed E-state index contributed by atoms with van der Waals surface area (Å²) in [6, 6.07) is 18.2. The molecule has 13 nitrogen and oxygen atoms in total. The van der Waals surface area contributed by atoms with Crippen molar-refractivity contribution in [1.29, 1.82) is 0 Å². The topological polar surface area (TPSA) is 147 Å². The Morgan fingerprint density at radius 2 is 1.27 bits per heavy atom. The van der Waals surface area contributed by atoms with Crippen molar-refractivity contribution in [3.05, 3.63) is 71.8 Å². The summed E-state index contributed by atoms with van der Waals surface area (Å²) in [5, 5.41) is 0. The normalized spacial score (nSPS) is 20.7. The van der Waals surface area contributed by atoms with E-state index in [1.165, 1.54) is 83.7 Å². The van der Waals surface area contributed by atoms with E-state index in [4.69, 9.17) is 28.0 Å². The highest BCUT2D eigenvalue weighted by Gasteiger charge is 2.57. The van der Waals surface area contributed by atoms with Crippen LogP contribution in [0.25, 0.3) is 0 Å². The first-order valence-electron chi connectivity index (χ1n) is 24.4. The van der Waals surface area contributed by atoms with Crippen LogP contribution in [0, 0.1) is 0 Å². The van der Waals surface area contributed by atoms with Gasteiger partial charge in [-0.3, -0.25) is 9.36 Å². The van der Waals surface area contributed by atoms with Crippen LogP contribution in [0.1, 0.15) is 146 Å². The number of ether oxygens (including phenoxy) is 4. The van der Waals surface area contributed by atoms with Gasteiger partial charge in [0.05, 0.1) is 52.9 Å². The molecule has 2 aromatic carbocycles. The first kappa shape index (κ1) is 51.7. The molecule has 0 amide bonds. The lowest BCUT2D eigenvalue weighted by Gasteiger charge is -2.47. The minimum atomic E-state index is -4.86. The summed E-state index contributed by atoms with van der Waals surface area (Å²) >= 11 is 0. The van der Waals surface area contributed by atoms with Crippen molar-refractivity contribution in [1.82, 2.24) is 0 Å². The van der Waals surface area contributed by atoms with Crippen LogP contribution in [-0.4, -0.2) is 112 Å². The number of phosphoric ester groups is 1. The Kier molecular flexibility index (Phi) is 20.6. The lowest BCUT2D eigenvalue weighted by atomic mass is 9.85. The SMILES string of the molecule is CCCCCCCCCCCCCCCC(=O)OCC(COP(=O)([O-])OCC[N+](C)(C)C)OC(=O)OC(C(=O)OC1CC2CCC(C1)[N+]21CCCC1)(c1ccccc1)c1ccccc1. The Morgan fingerprint density at radius 1 is 0.750 bits per heavy atom. The molecule has 3 aliphatic rings. The number of quaternary nitrogens is 2. The molecule has 3 fully saturated rings. The molecular formula is C50H78N2O11P+. The van der Waals surface area contributed by atoms with E-state index in [1.54, 1.807) is 60.7 Å². The van der Waals surface area contributed by atoms with Gasteiger partial charge in [0.1, 0.15) is 25.9 Å². The molecule has 64 heavy (non-hydrogen) atoms. The first-order chi connectivity index (χ1) is 30.8. The van der Waals surface area contributed by atoms with Crippen molar-refractivity contribution in [3.8, 4) is 0 Å². The van der Waals surface area contributed by atoms with Gasteiger partial charge in [0.15, 0.2) is 6.10 Å². The van der Waals surface area contributed by atoms with Gasteiger partial charge in [-0.15, -0.1) is 0 Å². The Hall–Kier alpha value is -3.32. The average molecular weight is 914 g/mol. The smallest absolute Gasteiger partial charge is 0.510 e. The molecule has 0 N–H and O–H groups in total. The van der Waals surface area contributed by atoms with E-state index in [0.717, 1.165) is 49.4 Å². The molecule has 0 aromatic heterocycles. The number of unbranched alkanes of at least 4 members (excludes halogenated alkanes) is 12. The fraction of sp³-hybridized carbons (Fsp3) is 0.700. The van der Waals surface area contributed by atoms with E-state index in [-0.39, 0.29) is 19.1 Å². The van der Waals surface area contributed by atoms with Crippen molar-refractivity contribution < 1.29 is 60.8 Å². The molecule has 14 heteroatoms. The largest absolute Gasteiger partial charge is 0.756 e. The van der Waals surface area contributed by atoms with Crippen LogP contribution < -0.4 is 4.89 Å². The van der Waals surface area contributed by atoms with E-state index in [9.17, 15) is 23.8 Å². The van der Waals surface area contributed by atoms with Crippen molar-refractivity contribution in [2.75, 3.05) is 60.6 Å². The highest BCUT2D eigenvalue weighted by Crippen LogP contribution is 2.47. The molecule has 4 atom stereocenters. The van der Waals surface area contributed by atoms with Crippen LogP contribution in [0.3, 0.4) is 0 Å². The van der Waals surface area contributed by atoms with Gasteiger partial charge >= 0.3 is 18.1 Å². The predicted molar refractivity (Wildman–Crippen MR) is 244 cm³/mol. The van der Waals surface area contributed by atoms with Crippen LogP contribution in [0.4, 0.5) is 4.79 Å². The second-order valence-corrected chi connectivity index (χ2v) is 20.8. The molecule has 2 bridgehead atoms. The summed E-state index contributed by atoms with van der Waals surface area (Å²) < 4.78 is 48.6. The van der Waals surface area contributed by atoms with E-state index < -0.39 is 50.8 Å². The second kappa shape index (κ2) is 25.6. The molecule has 0 radical (unpaired) electrons. The highest BCUT2D eigenvalue weighted by molar-refractivity contribution is 7.45. The summed E-state index contributed by atoms with van der Waals surface area (Å²) in [6.45, 7) is 3.61. The van der Waals surface area contributed by atoms with Gasteiger partial charge in [0.25, 0.3) is 13.4 Å².